The number of rotatable bonds is 4. The van der Waals surface area contributed by atoms with Crippen LogP contribution in [-0.4, -0.2) is 19.3 Å². The molecule has 29 heavy (non-hydrogen) atoms. The lowest BCUT2D eigenvalue weighted by molar-refractivity contribution is 0.500. The summed E-state index contributed by atoms with van der Waals surface area (Å²) in [5.41, 5.74) is 3.95. The molecule has 0 radical (unpaired) electrons. The number of sulfonamides is 1. The van der Waals surface area contributed by atoms with Gasteiger partial charge in [-0.25, -0.2) is 8.42 Å². The van der Waals surface area contributed by atoms with Gasteiger partial charge in [-0.3, -0.25) is 4.31 Å². The maximum Gasteiger partial charge on any atom is 0.264 e. The molecule has 0 fully saturated rings. The van der Waals surface area contributed by atoms with Gasteiger partial charge in [-0.15, -0.1) is 0 Å². The summed E-state index contributed by atoms with van der Waals surface area (Å²) in [7, 11) is -3.64. The van der Waals surface area contributed by atoms with Crippen LogP contribution in [0.4, 0.5) is 0 Å². The molecule has 3 nitrogen and oxygen atoms in total. The van der Waals surface area contributed by atoms with Crippen LogP contribution in [0.1, 0.15) is 35.4 Å². The van der Waals surface area contributed by atoms with Crippen LogP contribution in [0.3, 0.4) is 0 Å². The Morgan fingerprint density at radius 3 is 2.10 bits per heavy atom. The Bertz CT molecular complexity index is 1090. The summed E-state index contributed by atoms with van der Waals surface area (Å²) in [6.45, 7) is 2.43. The lowest BCUT2D eigenvalue weighted by Crippen LogP contribution is -2.30. The van der Waals surface area contributed by atoms with E-state index in [-0.39, 0.29) is 5.92 Å². The molecule has 3 aromatic rings. The molecule has 0 aliphatic carbocycles. The van der Waals surface area contributed by atoms with Crippen molar-refractivity contribution in [2.45, 2.75) is 30.6 Å². The van der Waals surface area contributed by atoms with Gasteiger partial charge < -0.3 is 0 Å². The molecule has 1 aliphatic rings. The van der Waals surface area contributed by atoms with E-state index in [2.05, 4.69) is 18.2 Å². The van der Waals surface area contributed by atoms with Crippen molar-refractivity contribution >= 4 is 15.7 Å². The molecule has 1 aliphatic heterocycles. The van der Waals surface area contributed by atoms with Crippen LogP contribution in [0.2, 0.25) is 0 Å². The summed E-state index contributed by atoms with van der Waals surface area (Å²) in [6.07, 6.45) is 3.85. The van der Waals surface area contributed by atoms with Crippen molar-refractivity contribution in [2.75, 3.05) is 6.54 Å². The number of hydrogen-bond donors (Lipinski definition) is 0. The number of aryl methyl sites for hydroxylation is 1. The Balaban J connectivity index is 1.82. The average molecular weight is 404 g/mol. The molecule has 0 bridgehead atoms. The normalized spacial score (nSPS) is 17.5. The summed E-state index contributed by atoms with van der Waals surface area (Å²) in [6, 6.07) is 27.3. The number of hydrogen-bond acceptors (Lipinski definition) is 2. The van der Waals surface area contributed by atoms with Gasteiger partial charge in [0.2, 0.25) is 0 Å². The Morgan fingerprint density at radius 2 is 1.45 bits per heavy atom. The van der Waals surface area contributed by atoms with Gasteiger partial charge in [0.05, 0.1) is 10.6 Å². The van der Waals surface area contributed by atoms with E-state index in [4.69, 9.17) is 0 Å². The first-order chi connectivity index (χ1) is 14.1. The van der Waals surface area contributed by atoms with Gasteiger partial charge in [-0.05, 0) is 43.0 Å². The van der Waals surface area contributed by atoms with Crippen LogP contribution < -0.4 is 0 Å². The monoisotopic (exact) mass is 403 g/mol. The highest BCUT2D eigenvalue weighted by atomic mass is 32.2. The highest BCUT2D eigenvalue weighted by Gasteiger charge is 2.30. The van der Waals surface area contributed by atoms with Gasteiger partial charge >= 0.3 is 0 Å². The minimum Gasteiger partial charge on any atom is -0.266 e. The van der Waals surface area contributed by atoms with Crippen molar-refractivity contribution < 1.29 is 8.42 Å². The van der Waals surface area contributed by atoms with Crippen molar-refractivity contribution in [3.63, 3.8) is 0 Å². The zero-order chi connectivity index (χ0) is 20.3. The third-order valence-electron chi connectivity index (χ3n) is 5.41. The van der Waals surface area contributed by atoms with E-state index in [1.165, 1.54) is 5.56 Å². The Labute approximate surface area is 173 Å². The van der Waals surface area contributed by atoms with Crippen molar-refractivity contribution in [1.29, 1.82) is 0 Å². The predicted molar refractivity (Wildman–Crippen MR) is 118 cm³/mol. The second kappa shape index (κ2) is 8.26. The maximum atomic E-state index is 13.6. The zero-order valence-corrected chi connectivity index (χ0v) is 17.3. The molecule has 0 aromatic heterocycles. The van der Waals surface area contributed by atoms with Crippen molar-refractivity contribution in [3.8, 4) is 0 Å². The molecule has 0 amide bonds. The third kappa shape index (κ3) is 4.13. The number of allylic oxidation sites excluding steroid dienone is 1. The van der Waals surface area contributed by atoms with Crippen molar-refractivity contribution in [1.82, 2.24) is 4.31 Å². The minimum atomic E-state index is -3.64. The molecule has 0 spiro atoms. The van der Waals surface area contributed by atoms with Gasteiger partial charge in [0.1, 0.15) is 0 Å². The highest BCUT2D eigenvalue weighted by molar-refractivity contribution is 7.89. The lowest BCUT2D eigenvalue weighted by Gasteiger charge is -2.26. The standard InChI is InChI=1S/C25H25NO2S/c1-20-14-16-24(17-15-20)29(27,28)26-18-8-13-23(21-9-4-2-5-10-21)19-25(26)22-11-6-3-7-12-22/h2-7,9-12,14-17,19,23H,8,13,18H2,1H3/t23-/m0/s1. The summed E-state index contributed by atoms with van der Waals surface area (Å²) in [5.74, 6) is 0.185. The summed E-state index contributed by atoms with van der Waals surface area (Å²) < 4.78 is 28.7. The molecule has 0 N–H and O–H groups in total. The molecule has 0 saturated heterocycles. The fourth-order valence-electron chi connectivity index (χ4n) is 3.83. The molecule has 1 heterocycles. The van der Waals surface area contributed by atoms with Crippen LogP contribution in [0.5, 0.6) is 0 Å². The van der Waals surface area contributed by atoms with Crippen LogP contribution >= 0.6 is 0 Å². The predicted octanol–water partition coefficient (Wildman–Crippen LogP) is 5.60. The van der Waals surface area contributed by atoms with E-state index in [1.54, 1.807) is 16.4 Å². The molecule has 148 valence electrons. The van der Waals surface area contributed by atoms with E-state index in [0.717, 1.165) is 29.7 Å². The second-order valence-corrected chi connectivity index (χ2v) is 9.33. The number of nitrogens with zero attached hydrogens (tertiary/aromatic N) is 1. The number of benzene rings is 3. The largest absolute Gasteiger partial charge is 0.266 e. The molecule has 0 saturated carbocycles. The molecule has 4 rings (SSSR count). The topological polar surface area (TPSA) is 37.4 Å². The Hall–Kier alpha value is -2.85. The fraction of sp³-hybridized carbons (Fsp3) is 0.200. The molecule has 3 aromatic carbocycles. The first kappa shape index (κ1) is 19.5. The summed E-state index contributed by atoms with van der Waals surface area (Å²) in [5, 5.41) is 0. The fourth-order valence-corrected chi connectivity index (χ4v) is 5.36. The van der Waals surface area contributed by atoms with E-state index in [9.17, 15) is 8.42 Å². The SMILES string of the molecule is Cc1ccc(S(=O)(=O)N2CCC[C@H](c3ccccc3)C=C2c2ccccc2)cc1. The van der Waals surface area contributed by atoms with Crippen LogP contribution in [0.15, 0.2) is 95.9 Å². The summed E-state index contributed by atoms with van der Waals surface area (Å²) >= 11 is 0. The van der Waals surface area contributed by atoms with E-state index in [1.807, 2.05) is 67.6 Å². The minimum absolute atomic E-state index is 0.185. The van der Waals surface area contributed by atoms with Gasteiger partial charge in [-0.2, -0.15) is 0 Å². The van der Waals surface area contributed by atoms with Crippen LogP contribution in [0.25, 0.3) is 5.70 Å². The highest BCUT2D eigenvalue weighted by Crippen LogP contribution is 2.35. The first-order valence-electron chi connectivity index (χ1n) is 9.97. The van der Waals surface area contributed by atoms with Gasteiger partial charge in [0.15, 0.2) is 0 Å². The quantitative estimate of drug-likeness (QED) is 0.568. The van der Waals surface area contributed by atoms with E-state index in [0.29, 0.717) is 11.4 Å². The lowest BCUT2D eigenvalue weighted by atomic mass is 9.93. The van der Waals surface area contributed by atoms with E-state index >= 15 is 0 Å². The third-order valence-corrected chi connectivity index (χ3v) is 7.24. The van der Waals surface area contributed by atoms with E-state index < -0.39 is 10.0 Å². The molecule has 1 atom stereocenters. The molecule has 4 heteroatoms. The summed E-state index contributed by atoms with van der Waals surface area (Å²) in [4.78, 5) is 0.336. The van der Waals surface area contributed by atoms with Crippen LogP contribution in [-0.2, 0) is 10.0 Å². The Morgan fingerprint density at radius 1 is 0.828 bits per heavy atom. The van der Waals surface area contributed by atoms with Gasteiger partial charge in [0, 0.05) is 12.5 Å². The average Bonchev–Trinajstić information content (AvgIpc) is 2.99. The molecule has 0 unspecified atom stereocenters. The molecular formula is C25H25NO2S. The zero-order valence-electron chi connectivity index (χ0n) is 16.5. The van der Waals surface area contributed by atoms with Gasteiger partial charge in [0.25, 0.3) is 10.0 Å². The van der Waals surface area contributed by atoms with Crippen LogP contribution in [0, 0.1) is 6.92 Å². The molecular weight excluding hydrogens is 378 g/mol. The second-order valence-electron chi connectivity index (χ2n) is 7.47. The maximum absolute atomic E-state index is 13.6. The van der Waals surface area contributed by atoms with Gasteiger partial charge in [-0.1, -0.05) is 84.4 Å². The Kier molecular flexibility index (Phi) is 5.54. The van der Waals surface area contributed by atoms with Crippen molar-refractivity contribution in [3.05, 3.63) is 108 Å². The smallest absolute Gasteiger partial charge is 0.264 e. The first-order valence-corrected chi connectivity index (χ1v) is 11.4. The van der Waals surface area contributed by atoms with Crippen molar-refractivity contribution in [2.24, 2.45) is 0 Å².